The van der Waals surface area contributed by atoms with E-state index in [1.807, 2.05) is 49.4 Å². The summed E-state index contributed by atoms with van der Waals surface area (Å²) in [6.07, 6.45) is 0. The van der Waals surface area contributed by atoms with Crippen LogP contribution < -0.4 is 5.32 Å². The molecular formula is C17H14ClN3O. The predicted molar refractivity (Wildman–Crippen MR) is 89.0 cm³/mol. The fourth-order valence-corrected chi connectivity index (χ4v) is 2.48. The molecule has 1 heterocycles. The van der Waals surface area contributed by atoms with Crippen molar-refractivity contribution in [3.8, 4) is 11.4 Å². The van der Waals surface area contributed by atoms with E-state index in [4.69, 9.17) is 11.6 Å². The summed E-state index contributed by atoms with van der Waals surface area (Å²) in [5, 5.41) is 4.24. The largest absolute Gasteiger partial charge is 0.310 e. The molecule has 0 saturated carbocycles. The Balaban J connectivity index is 2.26. The lowest BCUT2D eigenvalue weighted by Crippen LogP contribution is -2.09. The molecule has 0 radical (unpaired) electrons. The highest BCUT2D eigenvalue weighted by Gasteiger charge is 2.12. The van der Waals surface area contributed by atoms with Crippen LogP contribution in [0.25, 0.3) is 22.3 Å². The van der Waals surface area contributed by atoms with Gasteiger partial charge < -0.3 is 5.32 Å². The monoisotopic (exact) mass is 311 g/mol. The lowest BCUT2D eigenvalue weighted by Gasteiger charge is -2.11. The molecule has 0 spiro atoms. The summed E-state index contributed by atoms with van der Waals surface area (Å²) in [7, 11) is 0. The summed E-state index contributed by atoms with van der Waals surface area (Å²) in [6, 6.07) is 13.2. The minimum absolute atomic E-state index is 0.169. The van der Waals surface area contributed by atoms with Gasteiger partial charge in [0.1, 0.15) is 5.82 Å². The van der Waals surface area contributed by atoms with Gasteiger partial charge in [0.15, 0.2) is 5.82 Å². The minimum atomic E-state index is -0.169. The quantitative estimate of drug-likeness (QED) is 0.771. The van der Waals surface area contributed by atoms with Crippen LogP contribution in [0.2, 0.25) is 5.02 Å². The number of carbonyl (C=O) groups excluding carboxylic acids is 1. The first-order chi connectivity index (χ1) is 10.6. The van der Waals surface area contributed by atoms with Gasteiger partial charge >= 0.3 is 0 Å². The second-order valence-corrected chi connectivity index (χ2v) is 5.41. The number of hydrogen-bond donors (Lipinski definition) is 1. The van der Waals surface area contributed by atoms with Gasteiger partial charge in [0, 0.05) is 22.9 Å². The molecule has 0 atom stereocenters. The van der Waals surface area contributed by atoms with E-state index in [0.717, 1.165) is 22.0 Å². The highest BCUT2D eigenvalue weighted by Crippen LogP contribution is 2.29. The fourth-order valence-electron chi connectivity index (χ4n) is 2.31. The number of nitrogens with zero attached hydrogens (tertiary/aromatic N) is 2. The van der Waals surface area contributed by atoms with E-state index in [1.165, 1.54) is 6.92 Å². The Morgan fingerprint density at radius 2 is 1.86 bits per heavy atom. The summed E-state index contributed by atoms with van der Waals surface area (Å²) < 4.78 is 0. The molecule has 22 heavy (non-hydrogen) atoms. The topological polar surface area (TPSA) is 54.9 Å². The summed E-state index contributed by atoms with van der Waals surface area (Å²) in [5.74, 6) is 0.882. The third-order valence-electron chi connectivity index (χ3n) is 3.41. The molecule has 0 unspecified atom stereocenters. The van der Waals surface area contributed by atoms with E-state index < -0.39 is 0 Å². The Labute approximate surface area is 133 Å². The van der Waals surface area contributed by atoms with Gasteiger partial charge in [-0.25, -0.2) is 9.97 Å². The molecule has 2 aromatic carbocycles. The number of fused-ring (bicyclic) bond motifs is 1. The molecule has 1 amide bonds. The molecule has 0 saturated heterocycles. The van der Waals surface area contributed by atoms with Crippen molar-refractivity contribution in [2.45, 2.75) is 13.8 Å². The van der Waals surface area contributed by atoms with Crippen molar-refractivity contribution in [2.24, 2.45) is 0 Å². The van der Waals surface area contributed by atoms with E-state index in [2.05, 4.69) is 15.3 Å². The van der Waals surface area contributed by atoms with Gasteiger partial charge in [0.25, 0.3) is 0 Å². The normalized spacial score (nSPS) is 10.7. The molecule has 1 N–H and O–H groups in total. The Morgan fingerprint density at radius 3 is 2.64 bits per heavy atom. The number of anilines is 1. The van der Waals surface area contributed by atoms with Crippen LogP contribution in [0.3, 0.4) is 0 Å². The zero-order valence-electron chi connectivity index (χ0n) is 12.2. The van der Waals surface area contributed by atoms with Crippen LogP contribution in [0.4, 0.5) is 5.82 Å². The van der Waals surface area contributed by atoms with E-state index in [9.17, 15) is 4.79 Å². The zero-order valence-corrected chi connectivity index (χ0v) is 13.0. The van der Waals surface area contributed by atoms with Crippen molar-refractivity contribution >= 4 is 34.2 Å². The fraction of sp³-hybridized carbons (Fsp3) is 0.118. The first kappa shape index (κ1) is 14.5. The van der Waals surface area contributed by atoms with Crippen LogP contribution in [-0.2, 0) is 4.79 Å². The number of carbonyl (C=O) groups is 1. The van der Waals surface area contributed by atoms with E-state index in [0.29, 0.717) is 16.7 Å². The second-order valence-electron chi connectivity index (χ2n) is 5.01. The lowest BCUT2D eigenvalue weighted by molar-refractivity contribution is -0.114. The number of halogens is 1. The maximum Gasteiger partial charge on any atom is 0.222 e. The highest BCUT2D eigenvalue weighted by atomic mass is 35.5. The average molecular weight is 312 g/mol. The summed E-state index contributed by atoms with van der Waals surface area (Å²) >= 11 is 6.18. The summed E-state index contributed by atoms with van der Waals surface area (Å²) in [5.41, 5.74) is 2.54. The van der Waals surface area contributed by atoms with Crippen LogP contribution in [0.5, 0.6) is 0 Å². The number of aromatic nitrogens is 2. The molecule has 3 aromatic rings. The second kappa shape index (κ2) is 5.73. The van der Waals surface area contributed by atoms with Crippen molar-refractivity contribution in [1.82, 2.24) is 9.97 Å². The Kier molecular flexibility index (Phi) is 3.77. The molecule has 4 nitrogen and oxygen atoms in total. The van der Waals surface area contributed by atoms with Crippen molar-refractivity contribution in [3.05, 3.63) is 53.1 Å². The van der Waals surface area contributed by atoms with Crippen molar-refractivity contribution in [2.75, 3.05) is 5.32 Å². The van der Waals surface area contributed by atoms with Crippen LogP contribution in [0, 0.1) is 6.92 Å². The van der Waals surface area contributed by atoms with Crippen LogP contribution in [0.15, 0.2) is 42.5 Å². The number of nitrogens with one attached hydrogen (secondary N) is 1. The number of hydrogen-bond acceptors (Lipinski definition) is 3. The van der Waals surface area contributed by atoms with Crippen molar-refractivity contribution in [1.29, 1.82) is 0 Å². The van der Waals surface area contributed by atoms with E-state index in [1.54, 1.807) is 0 Å². The SMILES string of the molecule is CC(=O)Nc1nc(-c2cccc(Cl)c2C)nc2ccccc12. The standard InChI is InChI=1S/C17H14ClN3O/c1-10-12(7-5-8-14(10)18)16-20-15-9-4-3-6-13(15)17(21-16)19-11(2)22/h3-9H,1-2H3,(H,19,20,21,22). The first-order valence-corrected chi connectivity index (χ1v) is 7.24. The molecule has 110 valence electrons. The van der Waals surface area contributed by atoms with Crippen molar-refractivity contribution < 1.29 is 4.79 Å². The van der Waals surface area contributed by atoms with Gasteiger partial charge in [-0.05, 0) is 30.7 Å². The average Bonchev–Trinajstić information content (AvgIpc) is 2.49. The molecule has 0 aliphatic heterocycles. The lowest BCUT2D eigenvalue weighted by atomic mass is 10.1. The van der Waals surface area contributed by atoms with Crippen LogP contribution in [0.1, 0.15) is 12.5 Å². The molecule has 0 aliphatic rings. The van der Waals surface area contributed by atoms with Gasteiger partial charge in [-0.3, -0.25) is 4.79 Å². The predicted octanol–water partition coefficient (Wildman–Crippen LogP) is 4.22. The molecule has 0 bridgehead atoms. The third-order valence-corrected chi connectivity index (χ3v) is 3.82. The van der Waals surface area contributed by atoms with Gasteiger partial charge in [0.2, 0.25) is 5.91 Å². The maximum absolute atomic E-state index is 11.4. The molecule has 0 aliphatic carbocycles. The minimum Gasteiger partial charge on any atom is -0.310 e. The molecule has 0 fully saturated rings. The molecule has 1 aromatic heterocycles. The Hall–Kier alpha value is -2.46. The first-order valence-electron chi connectivity index (χ1n) is 6.86. The van der Waals surface area contributed by atoms with Crippen LogP contribution >= 0.6 is 11.6 Å². The molecule has 3 rings (SSSR count). The third kappa shape index (κ3) is 2.65. The van der Waals surface area contributed by atoms with Crippen molar-refractivity contribution in [3.63, 3.8) is 0 Å². The number of rotatable bonds is 2. The Morgan fingerprint density at radius 1 is 1.09 bits per heavy atom. The maximum atomic E-state index is 11.4. The van der Waals surface area contributed by atoms with E-state index in [-0.39, 0.29) is 5.91 Å². The summed E-state index contributed by atoms with van der Waals surface area (Å²) in [4.78, 5) is 20.5. The highest BCUT2D eigenvalue weighted by molar-refractivity contribution is 6.31. The smallest absolute Gasteiger partial charge is 0.222 e. The molecule has 5 heteroatoms. The molecular weight excluding hydrogens is 298 g/mol. The van der Waals surface area contributed by atoms with Gasteiger partial charge in [-0.1, -0.05) is 35.9 Å². The van der Waals surface area contributed by atoms with Gasteiger partial charge in [-0.15, -0.1) is 0 Å². The van der Waals surface area contributed by atoms with Crippen LogP contribution in [-0.4, -0.2) is 15.9 Å². The van der Waals surface area contributed by atoms with E-state index >= 15 is 0 Å². The Bertz CT molecular complexity index is 877. The zero-order chi connectivity index (χ0) is 15.7. The number of amides is 1. The summed E-state index contributed by atoms with van der Waals surface area (Å²) in [6.45, 7) is 3.38. The van der Waals surface area contributed by atoms with Gasteiger partial charge in [-0.2, -0.15) is 0 Å². The number of para-hydroxylation sites is 1. The number of benzene rings is 2. The van der Waals surface area contributed by atoms with Gasteiger partial charge in [0.05, 0.1) is 5.52 Å².